The molecule has 3 aromatic carbocycles. The molecule has 0 bridgehead atoms. The van der Waals surface area contributed by atoms with Crippen LogP contribution >= 0.6 is 0 Å². The number of esters is 1. The summed E-state index contributed by atoms with van der Waals surface area (Å²) in [5, 5.41) is 71.0. The minimum Gasteiger partial charge on any atom is -0.483 e. The summed E-state index contributed by atoms with van der Waals surface area (Å²) in [5.41, 5.74) is 7.36. The Bertz CT molecular complexity index is 3200. The van der Waals surface area contributed by atoms with Gasteiger partial charge in [-0.05, 0) is 297 Å². The molecule has 20 atom stereocenters. The number of benzene rings is 3. The Morgan fingerprint density at radius 3 is 1.22 bits per heavy atom. The van der Waals surface area contributed by atoms with Gasteiger partial charge in [-0.25, -0.2) is 9.59 Å². The fourth-order valence-electron chi connectivity index (χ4n) is 18.9. The lowest BCUT2D eigenvalue weighted by Gasteiger charge is -2.33. The Hall–Kier alpha value is -4.93. The van der Waals surface area contributed by atoms with Gasteiger partial charge in [0.25, 0.3) is 5.91 Å². The minimum atomic E-state index is -0.961. The second kappa shape index (κ2) is 50.9. The van der Waals surface area contributed by atoms with Crippen LogP contribution in [0.25, 0.3) is 0 Å². The highest BCUT2D eigenvalue weighted by Crippen LogP contribution is 2.52. The van der Waals surface area contributed by atoms with Gasteiger partial charge in [-0.15, -0.1) is 0 Å². The Labute approximate surface area is 686 Å². The third kappa shape index (κ3) is 30.7. The van der Waals surface area contributed by atoms with Crippen molar-refractivity contribution in [2.45, 2.75) is 362 Å². The number of ether oxygens (including phenoxy) is 8. The minimum absolute atomic E-state index is 0.0305. The van der Waals surface area contributed by atoms with Crippen molar-refractivity contribution < 1.29 is 88.0 Å². The van der Waals surface area contributed by atoms with Gasteiger partial charge in [0, 0.05) is 26.4 Å². The third-order valence-corrected chi connectivity index (χ3v) is 26.5. The summed E-state index contributed by atoms with van der Waals surface area (Å²) in [7, 11) is 1.00. The fraction of sp³-hybridized carbons (Fsp3) is 0.779. The molecule has 5 fully saturated rings. The summed E-state index contributed by atoms with van der Waals surface area (Å²) in [6.45, 7) is 25.9. The van der Waals surface area contributed by atoms with Gasteiger partial charge < -0.3 is 79.0 Å². The SMILES string of the molecule is CC(C)C(C)O.CCCCC[C@@H](CC[C@@H]1[C@H]2Cc3cccc(OCC(=O)O)c3C[C@H]2C[C@H]1O)OC1CCCCO1.CCCCC[C@@H](CC[C@@H]1[C@H]2Cc3cccc(OCC(=O)OC(C)C(C)C)c3C[C@H]2C[C@H]1O)OC1CCCCO1.CCCCC[C@H](O)CC[C@@H]1[C@H]2Cc3cccc(OCC(=O)NC(C)C(C)C)c3C[C@H]2C[C@H]1O.CO. The van der Waals surface area contributed by atoms with Gasteiger partial charge in [0.05, 0.1) is 42.7 Å². The molecule has 3 aromatic rings. The summed E-state index contributed by atoms with van der Waals surface area (Å²) in [6.07, 6.45) is 32.8. The molecular formula is C95H155NO18. The standard InChI is InChI=1S/C33H52O6.C28H45NO4.C28H42O6.C5H12O.CH4O/c1-5-6-7-12-26(39-33-14-8-9-17-36-33)15-16-27-28-18-24-11-10-13-31(29(24)19-25(28)20-30(27)34)37-21-32(35)38-23(4)22(2)3;1-5-6-7-10-22(30)12-13-23-24-14-20-9-8-11-27(25(20)15-21(24)16-26(23)31)33-17-28(32)29-19(4)18(2)3;1-2-3-4-9-21(34-28-11-5-6-14-32-28)12-13-22-23-15-19-8-7-10-26(33-18-27(30)31)24(19)16-20(23)17-25(22)29;1-4(2)5(3)6;1-2/h10-11,13,22-23,25-28,30,33-34H,5-9,12,14-21H2,1-4H3;8-9,11,18-19,21-24,26,30-31H,5-7,10,12-17H2,1-4H3,(H,29,32);7-8,10,20-23,25,28-29H,2-6,9,11-18H2,1H3,(H,30,31);4-6H,1-3H3;2H,1H3/t23?,25-,26-,27+,28-,30+,33?;19?,21-,22-,23+,24-,26+;20-,21-,22+,23-,25+,28?;;/m000../s1. The van der Waals surface area contributed by atoms with Crippen molar-refractivity contribution in [3.63, 3.8) is 0 Å². The molecule has 8 aliphatic rings. The Balaban J connectivity index is 0.000000226. The first kappa shape index (κ1) is 96.2. The van der Waals surface area contributed by atoms with E-state index in [1.807, 2.05) is 77.9 Å². The van der Waals surface area contributed by atoms with E-state index < -0.39 is 5.97 Å². The van der Waals surface area contributed by atoms with Crippen LogP contribution in [0.4, 0.5) is 0 Å². The summed E-state index contributed by atoms with van der Waals surface area (Å²) >= 11 is 0. The lowest BCUT2D eigenvalue weighted by molar-refractivity contribution is -0.191. The van der Waals surface area contributed by atoms with E-state index in [9.17, 15) is 34.8 Å². The van der Waals surface area contributed by atoms with Crippen molar-refractivity contribution >= 4 is 17.8 Å². The number of carboxylic acid groups (broad SMARTS) is 1. The molecule has 3 saturated carbocycles. The second-order valence-corrected chi connectivity index (χ2v) is 35.8. The van der Waals surface area contributed by atoms with Gasteiger partial charge in [0.2, 0.25) is 0 Å². The van der Waals surface area contributed by atoms with E-state index in [1.165, 1.54) is 92.0 Å². The molecule has 5 unspecified atom stereocenters. The number of amides is 1. The highest BCUT2D eigenvalue weighted by Gasteiger charge is 2.48. The maximum Gasteiger partial charge on any atom is 0.344 e. The molecule has 1 amide bonds. The lowest BCUT2D eigenvalue weighted by atomic mass is 9.73. The zero-order valence-electron chi connectivity index (χ0n) is 72.5. The van der Waals surface area contributed by atoms with E-state index in [2.05, 4.69) is 58.1 Å². The summed E-state index contributed by atoms with van der Waals surface area (Å²) in [4.78, 5) is 35.6. The maximum absolute atomic E-state index is 12.3. The summed E-state index contributed by atoms with van der Waals surface area (Å²) in [6, 6.07) is 18.4. The maximum atomic E-state index is 12.3. The highest BCUT2D eigenvalue weighted by atomic mass is 16.7. The van der Waals surface area contributed by atoms with E-state index in [0.29, 0.717) is 59.0 Å². The predicted octanol–water partition coefficient (Wildman–Crippen LogP) is 17.1. The Kier molecular flexibility index (Phi) is 42.9. The largest absolute Gasteiger partial charge is 0.483 e. The number of carbonyl (C=O) groups is 3. The smallest absolute Gasteiger partial charge is 0.344 e. The van der Waals surface area contributed by atoms with Gasteiger partial charge in [0.15, 0.2) is 32.4 Å². The van der Waals surface area contributed by atoms with Crippen molar-refractivity contribution in [3.8, 4) is 17.2 Å². The van der Waals surface area contributed by atoms with Crippen LogP contribution < -0.4 is 19.5 Å². The van der Waals surface area contributed by atoms with Gasteiger partial charge >= 0.3 is 11.9 Å². The molecule has 0 radical (unpaired) electrons. The molecule has 8 N–H and O–H groups in total. The number of nitrogens with one attached hydrogen (secondary N) is 1. The van der Waals surface area contributed by atoms with E-state index in [0.717, 1.165) is 185 Å². The number of carboxylic acids is 1. The molecule has 19 heteroatoms. The van der Waals surface area contributed by atoms with Crippen LogP contribution in [-0.2, 0) is 76.6 Å². The molecule has 2 aliphatic heterocycles. The topological polar surface area (TPSA) is 279 Å². The normalized spacial score (nSPS) is 26.7. The molecule has 114 heavy (non-hydrogen) atoms. The molecule has 2 heterocycles. The van der Waals surface area contributed by atoms with Crippen LogP contribution in [0, 0.1) is 71.0 Å². The zero-order chi connectivity index (χ0) is 82.8. The summed E-state index contributed by atoms with van der Waals surface area (Å²) < 4.78 is 47.6. The van der Waals surface area contributed by atoms with Crippen LogP contribution in [0.3, 0.4) is 0 Å². The van der Waals surface area contributed by atoms with E-state index in [4.69, 9.17) is 53.2 Å². The number of hydrogen-bond donors (Lipinski definition) is 8. The fourth-order valence-corrected chi connectivity index (χ4v) is 18.9. The third-order valence-electron chi connectivity index (χ3n) is 26.5. The van der Waals surface area contributed by atoms with Crippen molar-refractivity contribution in [1.82, 2.24) is 5.32 Å². The predicted molar refractivity (Wildman–Crippen MR) is 450 cm³/mol. The molecule has 0 spiro atoms. The molecule has 19 nitrogen and oxygen atoms in total. The number of aliphatic hydroxyl groups excluding tert-OH is 6. The van der Waals surface area contributed by atoms with Crippen molar-refractivity contribution in [2.75, 3.05) is 40.1 Å². The van der Waals surface area contributed by atoms with Crippen molar-refractivity contribution in [1.29, 1.82) is 0 Å². The van der Waals surface area contributed by atoms with Crippen LogP contribution in [-0.4, -0.2) is 161 Å². The zero-order valence-corrected chi connectivity index (χ0v) is 72.5. The first-order valence-corrected chi connectivity index (χ1v) is 45.1. The van der Waals surface area contributed by atoms with Crippen LogP contribution in [0.1, 0.15) is 290 Å². The van der Waals surface area contributed by atoms with Crippen LogP contribution in [0.5, 0.6) is 17.2 Å². The molecule has 648 valence electrons. The number of aliphatic hydroxyl groups is 6. The molecular weight excluding hydrogens is 1440 g/mol. The van der Waals surface area contributed by atoms with Gasteiger partial charge in [-0.2, -0.15) is 0 Å². The number of carbonyl (C=O) groups excluding carboxylic acids is 2. The van der Waals surface area contributed by atoms with E-state index in [1.54, 1.807) is 6.92 Å². The average molecular weight is 1600 g/mol. The van der Waals surface area contributed by atoms with Gasteiger partial charge in [0.1, 0.15) is 23.4 Å². The van der Waals surface area contributed by atoms with Crippen LogP contribution in [0.15, 0.2) is 54.6 Å². The number of unbranched alkanes of at least 4 members (excludes halogenated alkanes) is 6. The Morgan fingerprint density at radius 1 is 0.474 bits per heavy atom. The number of aliphatic carboxylic acids is 1. The number of rotatable bonds is 39. The monoisotopic (exact) mass is 1600 g/mol. The summed E-state index contributed by atoms with van der Waals surface area (Å²) in [5.74, 6) is 5.51. The van der Waals surface area contributed by atoms with Crippen LogP contribution in [0.2, 0.25) is 0 Å². The molecule has 2 saturated heterocycles. The lowest BCUT2D eigenvalue weighted by Crippen LogP contribution is -2.39. The van der Waals surface area contributed by atoms with Gasteiger partial charge in [-0.3, -0.25) is 4.79 Å². The quantitative estimate of drug-likeness (QED) is 0.0195. The first-order valence-electron chi connectivity index (χ1n) is 45.1. The van der Waals surface area contributed by atoms with Gasteiger partial charge in [-0.1, -0.05) is 156 Å². The van der Waals surface area contributed by atoms with E-state index in [-0.39, 0.29) is 117 Å². The number of fused-ring (bicyclic) bond motifs is 6. The molecule has 6 aliphatic carbocycles. The second-order valence-electron chi connectivity index (χ2n) is 35.8. The van der Waals surface area contributed by atoms with Crippen molar-refractivity contribution in [2.24, 2.45) is 71.0 Å². The first-order chi connectivity index (χ1) is 54.8. The molecule has 0 aromatic heterocycles. The average Bonchev–Trinajstić information content (AvgIpc) is 1.55. The van der Waals surface area contributed by atoms with Crippen molar-refractivity contribution in [3.05, 3.63) is 88.0 Å². The van der Waals surface area contributed by atoms with E-state index >= 15 is 0 Å². The highest BCUT2D eigenvalue weighted by molar-refractivity contribution is 5.78. The Morgan fingerprint density at radius 2 is 0.860 bits per heavy atom. The molecule has 11 rings (SSSR count). The number of hydrogen-bond acceptors (Lipinski definition) is 17.